The van der Waals surface area contributed by atoms with Gasteiger partial charge in [-0.15, -0.1) is 0 Å². The predicted octanol–water partition coefficient (Wildman–Crippen LogP) is 3.25. The Labute approximate surface area is 139 Å². The van der Waals surface area contributed by atoms with Crippen molar-refractivity contribution in [3.05, 3.63) is 65.2 Å². The second kappa shape index (κ2) is 7.33. The molecule has 2 aromatic rings. The Kier molecular flexibility index (Phi) is 4.98. The molecular formula is C18H18N2O2S. The van der Waals surface area contributed by atoms with Crippen molar-refractivity contribution in [2.75, 3.05) is 11.5 Å². The maximum atomic E-state index is 11.9. The Hall–Kier alpha value is -2.27. The molecule has 2 aromatic carbocycles. The average Bonchev–Trinajstić information content (AvgIpc) is 2.53. The van der Waals surface area contributed by atoms with E-state index in [1.165, 1.54) is 0 Å². The minimum atomic E-state index is -0.219. The van der Waals surface area contributed by atoms with Crippen molar-refractivity contribution < 1.29 is 9.53 Å². The van der Waals surface area contributed by atoms with Crippen LogP contribution in [0, 0.1) is 6.92 Å². The third-order valence-electron chi connectivity index (χ3n) is 3.48. The number of rotatable bonds is 5. The zero-order chi connectivity index (χ0) is 16.1. The van der Waals surface area contributed by atoms with Crippen LogP contribution in [0.15, 0.2) is 53.6 Å². The zero-order valence-electron chi connectivity index (χ0n) is 12.9. The van der Waals surface area contributed by atoms with E-state index in [-0.39, 0.29) is 5.91 Å². The number of amides is 1. The summed E-state index contributed by atoms with van der Waals surface area (Å²) < 4.78 is 5.78. The lowest BCUT2D eigenvalue weighted by molar-refractivity contribution is 0.0955. The van der Waals surface area contributed by atoms with Crippen LogP contribution in [0.25, 0.3) is 0 Å². The molecule has 1 aliphatic rings. The molecule has 5 heteroatoms. The van der Waals surface area contributed by atoms with Gasteiger partial charge in [0.2, 0.25) is 0 Å². The summed E-state index contributed by atoms with van der Waals surface area (Å²) in [5.74, 6) is 2.78. The molecule has 0 unspecified atom stereocenters. The van der Waals surface area contributed by atoms with E-state index in [1.807, 2.05) is 55.1 Å². The van der Waals surface area contributed by atoms with Crippen LogP contribution < -0.4 is 10.2 Å². The fourth-order valence-electron chi connectivity index (χ4n) is 2.04. The molecule has 0 aliphatic carbocycles. The summed E-state index contributed by atoms with van der Waals surface area (Å²) in [6.07, 6.45) is 1.96. The van der Waals surface area contributed by atoms with Crippen LogP contribution in [0.4, 0.5) is 0 Å². The Morgan fingerprint density at radius 3 is 2.48 bits per heavy atom. The Balaban J connectivity index is 1.52. The van der Waals surface area contributed by atoms with Gasteiger partial charge in [0.15, 0.2) is 0 Å². The first-order valence-corrected chi connectivity index (χ1v) is 8.61. The van der Waals surface area contributed by atoms with E-state index in [0.29, 0.717) is 11.7 Å². The van der Waals surface area contributed by atoms with E-state index < -0.39 is 0 Å². The number of thioether (sulfide) groups is 1. The highest BCUT2D eigenvalue weighted by Gasteiger charge is 2.19. The summed E-state index contributed by atoms with van der Waals surface area (Å²) in [4.78, 5) is 11.9. The second-order valence-electron chi connectivity index (χ2n) is 5.41. The molecule has 0 spiro atoms. The molecule has 0 atom stereocenters. The lowest BCUT2D eigenvalue weighted by Gasteiger charge is -2.25. The number of ether oxygens (including phenoxy) is 1. The van der Waals surface area contributed by atoms with Crippen molar-refractivity contribution in [1.29, 1.82) is 0 Å². The number of nitrogens with zero attached hydrogens (tertiary/aromatic N) is 1. The first kappa shape index (κ1) is 15.6. The molecule has 0 radical (unpaired) electrons. The van der Waals surface area contributed by atoms with Gasteiger partial charge in [0, 0.05) is 17.1 Å². The van der Waals surface area contributed by atoms with E-state index in [2.05, 4.69) is 10.5 Å². The van der Waals surface area contributed by atoms with Crippen molar-refractivity contribution in [2.24, 2.45) is 5.10 Å². The predicted molar refractivity (Wildman–Crippen MR) is 94.4 cm³/mol. The minimum absolute atomic E-state index is 0.219. The number of hydrogen-bond acceptors (Lipinski definition) is 4. The van der Waals surface area contributed by atoms with Gasteiger partial charge in [0.05, 0.1) is 6.21 Å². The number of nitrogens with one attached hydrogen (secondary N) is 1. The van der Waals surface area contributed by atoms with E-state index >= 15 is 0 Å². The summed E-state index contributed by atoms with van der Waals surface area (Å²) in [7, 11) is 0. The lowest BCUT2D eigenvalue weighted by Crippen LogP contribution is -2.30. The van der Waals surface area contributed by atoms with Gasteiger partial charge in [-0.05, 0) is 48.9 Å². The van der Waals surface area contributed by atoms with Crippen LogP contribution in [-0.4, -0.2) is 29.7 Å². The summed E-state index contributed by atoms with van der Waals surface area (Å²) in [6, 6.07) is 15.1. The Bertz CT molecular complexity index is 692. The maximum absolute atomic E-state index is 11.9. The standard InChI is InChI=1S/C18H18N2O2S/c1-13-2-6-15(7-3-13)18(21)20-19-10-14-4-8-16(9-5-14)22-17-11-23-12-17/h2-10,17H,11-12H2,1H3,(H,20,21)/b19-10-. The van der Waals surface area contributed by atoms with Gasteiger partial charge in [-0.2, -0.15) is 16.9 Å². The van der Waals surface area contributed by atoms with Gasteiger partial charge < -0.3 is 4.74 Å². The molecule has 3 rings (SSSR count). The topological polar surface area (TPSA) is 50.7 Å². The molecule has 118 valence electrons. The van der Waals surface area contributed by atoms with Crippen LogP contribution in [0.1, 0.15) is 21.5 Å². The van der Waals surface area contributed by atoms with Crippen molar-refractivity contribution in [3.63, 3.8) is 0 Å². The van der Waals surface area contributed by atoms with Crippen molar-refractivity contribution in [1.82, 2.24) is 5.43 Å². The number of aryl methyl sites for hydroxylation is 1. The summed E-state index contributed by atoms with van der Waals surface area (Å²) in [5.41, 5.74) is 5.15. The third-order valence-corrected chi connectivity index (χ3v) is 4.70. The highest BCUT2D eigenvalue weighted by Crippen LogP contribution is 2.23. The molecule has 0 saturated carbocycles. The van der Waals surface area contributed by atoms with Gasteiger partial charge in [-0.1, -0.05) is 17.7 Å². The first-order chi connectivity index (χ1) is 11.2. The van der Waals surface area contributed by atoms with Gasteiger partial charge in [0.25, 0.3) is 5.91 Å². The second-order valence-corrected chi connectivity index (χ2v) is 6.49. The number of hydrogen-bond donors (Lipinski definition) is 1. The number of benzene rings is 2. The van der Waals surface area contributed by atoms with Crippen molar-refractivity contribution >= 4 is 23.9 Å². The van der Waals surface area contributed by atoms with Crippen molar-refractivity contribution in [2.45, 2.75) is 13.0 Å². The first-order valence-electron chi connectivity index (χ1n) is 7.45. The van der Waals surface area contributed by atoms with E-state index in [1.54, 1.807) is 18.3 Å². The molecule has 0 aromatic heterocycles. The van der Waals surface area contributed by atoms with Gasteiger partial charge in [-0.25, -0.2) is 5.43 Å². The molecule has 1 amide bonds. The third kappa shape index (κ3) is 4.36. The zero-order valence-corrected chi connectivity index (χ0v) is 13.7. The van der Waals surface area contributed by atoms with Crippen LogP contribution in [0.3, 0.4) is 0 Å². The smallest absolute Gasteiger partial charge is 0.271 e. The number of carbonyl (C=O) groups excluding carboxylic acids is 1. The molecule has 1 fully saturated rings. The summed E-state index contributed by atoms with van der Waals surface area (Å²) >= 11 is 1.89. The molecule has 1 N–H and O–H groups in total. The molecule has 0 bridgehead atoms. The number of carbonyl (C=O) groups is 1. The molecule has 1 saturated heterocycles. The maximum Gasteiger partial charge on any atom is 0.271 e. The van der Waals surface area contributed by atoms with E-state index in [9.17, 15) is 4.79 Å². The monoisotopic (exact) mass is 326 g/mol. The SMILES string of the molecule is Cc1ccc(C(=O)N/N=C\c2ccc(OC3CSC3)cc2)cc1. The minimum Gasteiger partial charge on any atom is -0.489 e. The highest BCUT2D eigenvalue weighted by atomic mass is 32.2. The summed E-state index contributed by atoms with van der Waals surface area (Å²) in [5, 5.41) is 3.99. The fourth-order valence-corrected chi connectivity index (χ4v) is 2.61. The summed E-state index contributed by atoms with van der Waals surface area (Å²) in [6.45, 7) is 1.98. The molecule has 4 nitrogen and oxygen atoms in total. The van der Waals surface area contributed by atoms with Crippen LogP contribution in [0.5, 0.6) is 5.75 Å². The Morgan fingerprint density at radius 1 is 1.17 bits per heavy atom. The fraction of sp³-hybridized carbons (Fsp3) is 0.222. The van der Waals surface area contributed by atoms with Crippen LogP contribution >= 0.6 is 11.8 Å². The van der Waals surface area contributed by atoms with Crippen molar-refractivity contribution in [3.8, 4) is 5.75 Å². The van der Waals surface area contributed by atoms with Gasteiger partial charge >= 0.3 is 0 Å². The quantitative estimate of drug-likeness (QED) is 0.678. The molecule has 1 aliphatic heterocycles. The lowest BCUT2D eigenvalue weighted by atomic mass is 10.1. The van der Waals surface area contributed by atoms with E-state index in [4.69, 9.17) is 4.74 Å². The largest absolute Gasteiger partial charge is 0.489 e. The normalized spacial score (nSPS) is 14.5. The molecule has 1 heterocycles. The van der Waals surface area contributed by atoms with Gasteiger partial charge in [-0.3, -0.25) is 4.79 Å². The Morgan fingerprint density at radius 2 is 1.87 bits per heavy atom. The van der Waals surface area contributed by atoms with E-state index in [0.717, 1.165) is 28.4 Å². The van der Waals surface area contributed by atoms with Crippen LogP contribution in [-0.2, 0) is 0 Å². The van der Waals surface area contributed by atoms with Gasteiger partial charge in [0.1, 0.15) is 11.9 Å². The van der Waals surface area contributed by atoms with Crippen LogP contribution in [0.2, 0.25) is 0 Å². The molecular weight excluding hydrogens is 308 g/mol. The average molecular weight is 326 g/mol. The highest BCUT2D eigenvalue weighted by molar-refractivity contribution is 8.00. The molecule has 23 heavy (non-hydrogen) atoms. The number of hydrazone groups is 1.